The van der Waals surface area contributed by atoms with Crippen LogP contribution in [-0.2, 0) is 19.1 Å². The number of rotatable bonds is 4. The van der Waals surface area contributed by atoms with Gasteiger partial charge in [0.1, 0.15) is 24.4 Å². The Hall–Kier alpha value is -0.350. The van der Waals surface area contributed by atoms with Gasteiger partial charge in [-0.15, -0.1) is 0 Å². The summed E-state index contributed by atoms with van der Waals surface area (Å²) in [6, 6.07) is 0. The van der Waals surface area contributed by atoms with Crippen molar-refractivity contribution >= 4 is 46.9 Å². The van der Waals surface area contributed by atoms with Gasteiger partial charge in [-0.1, -0.05) is 23.2 Å². The Balaban J connectivity index is 3.15. The van der Waals surface area contributed by atoms with Gasteiger partial charge in [-0.3, -0.25) is 14.4 Å². The van der Waals surface area contributed by atoms with Crippen LogP contribution in [0.15, 0.2) is 0 Å². The number of hydrogen-bond donors (Lipinski definition) is 4. The maximum Gasteiger partial charge on any atom is 0.303 e. The molecule has 0 spiro atoms. The van der Waals surface area contributed by atoms with Crippen LogP contribution in [0, 0.1) is 0 Å². The van der Waals surface area contributed by atoms with Crippen molar-refractivity contribution in [2.75, 3.05) is 6.61 Å². The number of esters is 1. The first kappa shape index (κ1) is 18.7. The summed E-state index contributed by atoms with van der Waals surface area (Å²) in [5.74, 6) is -1.91. The highest BCUT2D eigenvalue weighted by molar-refractivity contribution is 6.59. The average molecular weight is 367 g/mol. The third-order valence-electron chi connectivity index (χ3n) is 2.92. The molecule has 1 heterocycles. The predicted octanol–water partition coefficient (Wildman–Crippen LogP) is -1.16. The van der Waals surface area contributed by atoms with E-state index in [9.17, 15) is 19.8 Å². The molecule has 1 fully saturated rings. The Kier molecular flexibility index (Phi) is 6.48. The molecule has 1 saturated heterocycles. The van der Waals surface area contributed by atoms with Gasteiger partial charge in [0, 0.05) is 18.7 Å². The maximum absolute atomic E-state index is 11.6. The molecule has 0 bridgehead atoms. The van der Waals surface area contributed by atoms with Gasteiger partial charge in [0.05, 0.1) is 6.61 Å². The molecular formula is C10H14Cl3NO7. The van der Waals surface area contributed by atoms with Crippen LogP contribution in [0.2, 0.25) is 0 Å². The molecule has 0 aliphatic carbocycles. The van der Waals surface area contributed by atoms with Crippen LogP contribution in [0.4, 0.5) is 0 Å². The quantitative estimate of drug-likeness (QED) is 0.281. The Morgan fingerprint density at radius 3 is 2.33 bits per heavy atom. The average Bonchev–Trinajstić information content (AvgIpc) is 2.42. The molecule has 4 N–H and O–H groups in total. The van der Waals surface area contributed by atoms with Crippen LogP contribution < -0.4 is 4.84 Å². The SMILES string of the molecule is CC(=O)O[C@@H]1[C@@H](O)[C@@H](O)[C@@H](CO)O[C@@H]1C(Cl)(Cl)C(=O)NCl. The first-order valence-corrected chi connectivity index (χ1v) is 6.88. The second-order valence-electron chi connectivity index (χ2n) is 4.38. The van der Waals surface area contributed by atoms with Crippen LogP contribution in [0.25, 0.3) is 0 Å². The van der Waals surface area contributed by atoms with Crippen molar-refractivity contribution in [2.45, 2.75) is 41.8 Å². The lowest BCUT2D eigenvalue weighted by Crippen LogP contribution is -2.65. The molecule has 0 saturated carbocycles. The number of aliphatic hydroxyl groups excluding tert-OH is 3. The Morgan fingerprint density at radius 2 is 1.90 bits per heavy atom. The lowest BCUT2D eigenvalue weighted by molar-refractivity contribution is -0.240. The molecule has 8 nitrogen and oxygen atoms in total. The molecule has 0 radical (unpaired) electrons. The zero-order chi connectivity index (χ0) is 16.4. The number of ether oxygens (including phenoxy) is 2. The summed E-state index contributed by atoms with van der Waals surface area (Å²) in [6.07, 6.45) is -7.64. The number of aliphatic hydroxyl groups is 3. The Labute approximate surface area is 135 Å². The van der Waals surface area contributed by atoms with Gasteiger partial charge in [-0.25, -0.2) is 0 Å². The van der Waals surface area contributed by atoms with Crippen molar-refractivity contribution in [3.63, 3.8) is 0 Å². The number of alkyl halides is 2. The standard InChI is InChI=1S/C10H14Cl3NO7/c1-3(16)20-7-6(18)5(17)4(2-15)21-8(7)10(11,12)9(19)14-13/h4-8,15,17-18H,2H2,1H3,(H,14,19)/t4-,5+,6+,7-,8+/m1/s1. The first-order valence-electron chi connectivity index (χ1n) is 5.75. The van der Waals surface area contributed by atoms with Gasteiger partial charge in [0.2, 0.25) is 4.33 Å². The van der Waals surface area contributed by atoms with Crippen molar-refractivity contribution in [3.8, 4) is 0 Å². The molecule has 0 unspecified atom stereocenters. The monoisotopic (exact) mass is 365 g/mol. The van der Waals surface area contributed by atoms with Crippen LogP contribution in [0.1, 0.15) is 6.92 Å². The van der Waals surface area contributed by atoms with Crippen molar-refractivity contribution < 1.29 is 34.4 Å². The summed E-state index contributed by atoms with van der Waals surface area (Å²) in [5.41, 5.74) is 0. The van der Waals surface area contributed by atoms with E-state index < -0.39 is 53.3 Å². The molecule has 0 aromatic carbocycles. The molecule has 1 rings (SSSR count). The minimum atomic E-state index is -2.34. The molecule has 122 valence electrons. The van der Waals surface area contributed by atoms with Gasteiger partial charge in [0.25, 0.3) is 5.91 Å². The number of halogens is 3. The fourth-order valence-electron chi connectivity index (χ4n) is 1.90. The van der Waals surface area contributed by atoms with Gasteiger partial charge in [-0.2, -0.15) is 0 Å². The van der Waals surface area contributed by atoms with Crippen molar-refractivity contribution in [1.82, 2.24) is 4.84 Å². The van der Waals surface area contributed by atoms with E-state index >= 15 is 0 Å². The van der Waals surface area contributed by atoms with E-state index in [-0.39, 0.29) is 0 Å². The second kappa shape index (κ2) is 7.28. The minimum absolute atomic E-state index is 0.687. The molecule has 21 heavy (non-hydrogen) atoms. The highest BCUT2D eigenvalue weighted by atomic mass is 35.5. The molecule has 0 aromatic rings. The largest absolute Gasteiger partial charge is 0.457 e. The van der Waals surface area contributed by atoms with Gasteiger partial charge >= 0.3 is 5.97 Å². The lowest BCUT2D eigenvalue weighted by atomic mass is 9.92. The van der Waals surface area contributed by atoms with Crippen molar-refractivity contribution in [2.24, 2.45) is 0 Å². The van der Waals surface area contributed by atoms with E-state index in [0.29, 0.717) is 0 Å². The predicted molar refractivity (Wildman–Crippen MR) is 71.7 cm³/mol. The lowest BCUT2D eigenvalue weighted by Gasteiger charge is -2.44. The molecule has 11 heteroatoms. The number of amides is 1. The van der Waals surface area contributed by atoms with Crippen molar-refractivity contribution in [1.29, 1.82) is 0 Å². The highest BCUT2D eigenvalue weighted by Gasteiger charge is 2.57. The fourth-order valence-corrected chi connectivity index (χ4v) is 2.59. The summed E-state index contributed by atoms with van der Waals surface area (Å²) in [4.78, 5) is 24.4. The summed E-state index contributed by atoms with van der Waals surface area (Å²) in [5, 5.41) is 28.8. The van der Waals surface area contributed by atoms with Crippen LogP contribution >= 0.6 is 35.0 Å². The van der Waals surface area contributed by atoms with Gasteiger partial charge in [-0.05, 0) is 0 Å². The summed E-state index contributed by atoms with van der Waals surface area (Å²) in [7, 11) is 0. The van der Waals surface area contributed by atoms with E-state index in [1.54, 1.807) is 4.84 Å². The Bertz CT molecular complexity index is 408. The Morgan fingerprint density at radius 1 is 1.33 bits per heavy atom. The summed E-state index contributed by atoms with van der Waals surface area (Å²) < 4.78 is 7.67. The molecule has 1 aliphatic heterocycles. The van der Waals surface area contributed by atoms with E-state index in [1.807, 2.05) is 0 Å². The van der Waals surface area contributed by atoms with Crippen molar-refractivity contribution in [3.05, 3.63) is 0 Å². The molecule has 1 amide bonds. The van der Waals surface area contributed by atoms with Crippen LogP contribution in [0.5, 0.6) is 0 Å². The highest BCUT2D eigenvalue weighted by Crippen LogP contribution is 2.37. The second-order valence-corrected chi connectivity index (χ2v) is 5.95. The molecular weight excluding hydrogens is 352 g/mol. The minimum Gasteiger partial charge on any atom is -0.457 e. The number of hydrogen-bond acceptors (Lipinski definition) is 7. The first-order chi connectivity index (χ1) is 9.66. The number of carbonyl (C=O) groups is 2. The van der Waals surface area contributed by atoms with Gasteiger partial charge in [0.15, 0.2) is 6.10 Å². The van der Waals surface area contributed by atoms with E-state index in [0.717, 1.165) is 6.92 Å². The van der Waals surface area contributed by atoms with Crippen LogP contribution in [-0.4, -0.2) is 68.7 Å². The zero-order valence-corrected chi connectivity index (χ0v) is 13.0. The summed E-state index contributed by atoms with van der Waals surface area (Å²) >= 11 is 16.9. The van der Waals surface area contributed by atoms with Gasteiger partial charge < -0.3 is 24.8 Å². The van der Waals surface area contributed by atoms with Crippen LogP contribution in [0.3, 0.4) is 0 Å². The maximum atomic E-state index is 11.6. The number of carbonyl (C=O) groups excluding carboxylic acids is 2. The number of nitrogens with one attached hydrogen (secondary N) is 1. The summed E-state index contributed by atoms with van der Waals surface area (Å²) in [6.45, 7) is 0.355. The van der Waals surface area contributed by atoms with E-state index in [1.165, 1.54) is 0 Å². The normalized spacial score (nSPS) is 33.4. The smallest absolute Gasteiger partial charge is 0.303 e. The fraction of sp³-hybridized carbons (Fsp3) is 0.800. The third-order valence-corrected chi connectivity index (χ3v) is 3.86. The molecule has 5 atom stereocenters. The zero-order valence-electron chi connectivity index (χ0n) is 10.7. The molecule has 1 aliphatic rings. The van der Waals surface area contributed by atoms with E-state index in [2.05, 4.69) is 0 Å². The van der Waals surface area contributed by atoms with E-state index in [4.69, 9.17) is 49.6 Å². The topological polar surface area (TPSA) is 125 Å². The molecule has 0 aromatic heterocycles. The third kappa shape index (κ3) is 3.89.